The Bertz CT molecular complexity index is 670. The minimum atomic E-state index is 0.187. The van der Waals surface area contributed by atoms with E-state index in [4.69, 9.17) is 5.73 Å². The van der Waals surface area contributed by atoms with E-state index in [1.165, 1.54) is 25.7 Å². The van der Waals surface area contributed by atoms with E-state index in [0.29, 0.717) is 18.2 Å². The van der Waals surface area contributed by atoms with E-state index in [1.807, 2.05) is 24.3 Å². The molecule has 2 aromatic rings. The van der Waals surface area contributed by atoms with E-state index in [-0.39, 0.29) is 6.04 Å². The summed E-state index contributed by atoms with van der Waals surface area (Å²) in [5, 5.41) is 21.8. The summed E-state index contributed by atoms with van der Waals surface area (Å²) in [5.41, 5.74) is 7.85. The quantitative estimate of drug-likeness (QED) is 0.898. The predicted octanol–water partition coefficient (Wildman–Crippen LogP) is 2.43. The molecule has 1 atom stereocenters. The van der Waals surface area contributed by atoms with Crippen LogP contribution in [0.3, 0.4) is 0 Å². The number of aromatic nitrogens is 2. The van der Waals surface area contributed by atoms with Crippen LogP contribution >= 0.6 is 0 Å². The van der Waals surface area contributed by atoms with Gasteiger partial charge in [0.2, 0.25) is 0 Å². The number of fused-ring (bicyclic) bond motifs is 1. The molecule has 0 amide bonds. The third-order valence-electron chi connectivity index (χ3n) is 4.33. The molecule has 1 saturated carbocycles. The van der Waals surface area contributed by atoms with Crippen LogP contribution in [0.1, 0.15) is 31.4 Å². The van der Waals surface area contributed by atoms with Crippen molar-refractivity contribution in [1.29, 1.82) is 5.26 Å². The normalized spacial score (nSPS) is 16.8. The van der Waals surface area contributed by atoms with Crippen LogP contribution in [0.4, 0.5) is 5.69 Å². The molecule has 5 nitrogen and oxygen atoms in total. The van der Waals surface area contributed by atoms with E-state index in [0.717, 1.165) is 16.6 Å². The summed E-state index contributed by atoms with van der Waals surface area (Å²) >= 11 is 0. The zero-order valence-electron chi connectivity index (χ0n) is 11.9. The largest absolute Gasteiger partial charge is 0.378 e. The van der Waals surface area contributed by atoms with Crippen LogP contribution < -0.4 is 11.1 Å². The summed E-state index contributed by atoms with van der Waals surface area (Å²) in [6.45, 7) is 0.562. The van der Waals surface area contributed by atoms with Crippen molar-refractivity contribution in [3.8, 4) is 6.07 Å². The first-order valence-corrected chi connectivity index (χ1v) is 7.45. The van der Waals surface area contributed by atoms with Crippen LogP contribution in [0.5, 0.6) is 0 Å². The number of hydrogen-bond acceptors (Lipinski definition) is 5. The third-order valence-corrected chi connectivity index (χ3v) is 4.33. The zero-order valence-corrected chi connectivity index (χ0v) is 11.9. The standard InChI is InChI=1S/C16H19N5/c17-9-14(11-5-1-2-6-11)19-16-12-7-3-4-8-13(12)20-21-15(16)10-18/h3-4,7-8,11,14H,1-2,5-6,9,17H2,(H,19,20). The lowest BCUT2D eigenvalue weighted by molar-refractivity contribution is 0.462. The maximum atomic E-state index is 9.31. The fourth-order valence-corrected chi connectivity index (χ4v) is 3.19. The second-order valence-electron chi connectivity index (χ2n) is 5.58. The van der Waals surface area contributed by atoms with E-state index >= 15 is 0 Å². The lowest BCUT2D eigenvalue weighted by atomic mass is 9.97. The van der Waals surface area contributed by atoms with Gasteiger partial charge in [0.15, 0.2) is 5.69 Å². The average molecular weight is 281 g/mol. The molecular weight excluding hydrogens is 262 g/mol. The van der Waals surface area contributed by atoms with Gasteiger partial charge in [-0.1, -0.05) is 31.0 Å². The first-order chi connectivity index (χ1) is 10.3. The molecule has 3 N–H and O–H groups in total. The van der Waals surface area contributed by atoms with Gasteiger partial charge >= 0.3 is 0 Å². The Labute approximate surface area is 124 Å². The van der Waals surface area contributed by atoms with Gasteiger partial charge in [-0.05, 0) is 24.8 Å². The number of rotatable bonds is 4. The van der Waals surface area contributed by atoms with Crippen LogP contribution in [0.2, 0.25) is 0 Å². The summed E-state index contributed by atoms with van der Waals surface area (Å²) in [4.78, 5) is 0. The summed E-state index contributed by atoms with van der Waals surface area (Å²) in [6, 6.07) is 10.1. The highest BCUT2D eigenvalue weighted by Gasteiger charge is 2.25. The Morgan fingerprint density at radius 1 is 1.29 bits per heavy atom. The van der Waals surface area contributed by atoms with Crippen LogP contribution in [0, 0.1) is 17.2 Å². The highest BCUT2D eigenvalue weighted by molar-refractivity contribution is 5.92. The van der Waals surface area contributed by atoms with Gasteiger partial charge in [0, 0.05) is 18.0 Å². The molecular formula is C16H19N5. The summed E-state index contributed by atoms with van der Waals surface area (Å²) in [5.74, 6) is 0.577. The fraction of sp³-hybridized carbons (Fsp3) is 0.438. The number of benzene rings is 1. The number of anilines is 1. The molecule has 21 heavy (non-hydrogen) atoms. The Morgan fingerprint density at radius 2 is 2.05 bits per heavy atom. The van der Waals surface area contributed by atoms with Crippen molar-refractivity contribution >= 4 is 16.6 Å². The van der Waals surface area contributed by atoms with Gasteiger partial charge in [-0.15, -0.1) is 10.2 Å². The summed E-state index contributed by atoms with van der Waals surface area (Å²) in [7, 11) is 0. The van der Waals surface area contributed by atoms with Gasteiger partial charge in [-0.2, -0.15) is 5.26 Å². The smallest absolute Gasteiger partial charge is 0.186 e. The zero-order chi connectivity index (χ0) is 14.7. The van der Waals surface area contributed by atoms with E-state index in [1.54, 1.807) is 0 Å². The number of hydrogen-bond donors (Lipinski definition) is 2. The highest BCUT2D eigenvalue weighted by atomic mass is 15.1. The molecule has 108 valence electrons. The van der Waals surface area contributed by atoms with Gasteiger partial charge in [0.25, 0.3) is 0 Å². The number of nitrogens with one attached hydrogen (secondary N) is 1. The first-order valence-electron chi connectivity index (χ1n) is 7.45. The molecule has 1 aromatic heterocycles. The first kappa shape index (κ1) is 13.8. The van der Waals surface area contributed by atoms with Gasteiger partial charge in [-0.25, -0.2) is 0 Å². The van der Waals surface area contributed by atoms with Gasteiger partial charge in [0.05, 0.1) is 11.2 Å². The fourth-order valence-electron chi connectivity index (χ4n) is 3.19. The molecule has 0 saturated heterocycles. The molecule has 1 aliphatic rings. The molecule has 0 spiro atoms. The topological polar surface area (TPSA) is 87.6 Å². The minimum absolute atomic E-state index is 0.187. The van der Waals surface area contributed by atoms with Crippen LogP contribution in [-0.4, -0.2) is 22.8 Å². The van der Waals surface area contributed by atoms with Crippen LogP contribution in [-0.2, 0) is 0 Å². The molecule has 1 aromatic carbocycles. The Hall–Kier alpha value is -2.19. The van der Waals surface area contributed by atoms with Crippen molar-refractivity contribution in [2.45, 2.75) is 31.7 Å². The van der Waals surface area contributed by atoms with E-state index in [2.05, 4.69) is 21.6 Å². The molecule has 5 heteroatoms. The van der Waals surface area contributed by atoms with Gasteiger partial charge in [0.1, 0.15) is 6.07 Å². The average Bonchev–Trinajstić information content (AvgIpc) is 3.06. The molecule has 0 bridgehead atoms. The number of nitrogens with zero attached hydrogens (tertiary/aromatic N) is 3. The van der Waals surface area contributed by atoms with Crippen molar-refractivity contribution in [2.24, 2.45) is 11.7 Å². The van der Waals surface area contributed by atoms with Gasteiger partial charge in [-0.3, -0.25) is 0 Å². The van der Waals surface area contributed by atoms with Crippen molar-refractivity contribution in [3.63, 3.8) is 0 Å². The van der Waals surface area contributed by atoms with E-state index < -0.39 is 0 Å². The lowest BCUT2D eigenvalue weighted by Gasteiger charge is -2.25. The third kappa shape index (κ3) is 2.67. The maximum Gasteiger partial charge on any atom is 0.186 e. The van der Waals surface area contributed by atoms with Crippen LogP contribution in [0.15, 0.2) is 24.3 Å². The van der Waals surface area contributed by atoms with Crippen molar-refractivity contribution < 1.29 is 0 Å². The molecule has 1 fully saturated rings. The second kappa shape index (κ2) is 6.06. The van der Waals surface area contributed by atoms with Gasteiger partial charge < -0.3 is 11.1 Å². The molecule has 3 rings (SSSR count). The molecule has 1 heterocycles. The van der Waals surface area contributed by atoms with Crippen molar-refractivity contribution in [3.05, 3.63) is 30.0 Å². The lowest BCUT2D eigenvalue weighted by Crippen LogP contribution is -2.35. The Morgan fingerprint density at radius 3 is 2.76 bits per heavy atom. The molecule has 1 unspecified atom stereocenters. The Balaban J connectivity index is 1.99. The molecule has 1 aliphatic carbocycles. The predicted molar refractivity (Wildman–Crippen MR) is 82.7 cm³/mol. The number of nitriles is 1. The minimum Gasteiger partial charge on any atom is -0.378 e. The monoisotopic (exact) mass is 281 g/mol. The highest BCUT2D eigenvalue weighted by Crippen LogP contribution is 2.31. The summed E-state index contributed by atoms with van der Waals surface area (Å²) < 4.78 is 0. The molecule has 0 radical (unpaired) electrons. The maximum absolute atomic E-state index is 9.31. The molecule has 0 aliphatic heterocycles. The Kier molecular flexibility index (Phi) is 3.98. The summed E-state index contributed by atoms with van der Waals surface area (Å²) in [6.07, 6.45) is 4.94. The van der Waals surface area contributed by atoms with Crippen molar-refractivity contribution in [2.75, 3.05) is 11.9 Å². The SMILES string of the molecule is N#Cc1nnc2ccccc2c1NC(CN)C1CCCC1. The van der Waals surface area contributed by atoms with E-state index in [9.17, 15) is 5.26 Å². The van der Waals surface area contributed by atoms with Crippen molar-refractivity contribution in [1.82, 2.24) is 10.2 Å². The van der Waals surface area contributed by atoms with Crippen LogP contribution in [0.25, 0.3) is 10.9 Å². The second-order valence-corrected chi connectivity index (χ2v) is 5.58. The number of nitrogens with two attached hydrogens (primary N) is 1.